The van der Waals surface area contributed by atoms with Gasteiger partial charge in [0.2, 0.25) is 0 Å². The lowest BCUT2D eigenvalue weighted by molar-refractivity contribution is 0.967. The first-order valence-electron chi connectivity index (χ1n) is 7.20. The molecule has 0 amide bonds. The largest absolute Gasteiger partial charge is 0.310 e. The molecule has 0 spiro atoms. The summed E-state index contributed by atoms with van der Waals surface area (Å²) in [5.74, 6) is 0. The fourth-order valence-corrected chi connectivity index (χ4v) is 3.20. The van der Waals surface area contributed by atoms with Gasteiger partial charge in [-0.25, -0.2) is 0 Å². The van der Waals surface area contributed by atoms with E-state index in [1.165, 1.54) is 33.4 Å². The number of aryl methyl sites for hydroxylation is 2. The van der Waals surface area contributed by atoms with E-state index in [1.54, 1.807) is 0 Å². The molecule has 1 nitrogen and oxygen atoms in total. The summed E-state index contributed by atoms with van der Waals surface area (Å²) in [7, 11) is 0. The van der Waals surface area contributed by atoms with Crippen molar-refractivity contribution in [3.63, 3.8) is 0 Å². The molecular weight excluding hydrogens is 242 g/mol. The van der Waals surface area contributed by atoms with Gasteiger partial charge in [0.15, 0.2) is 0 Å². The fraction of sp³-hybridized carbons (Fsp3) is 0.158. The molecular formula is C19H17N. The Bertz CT molecular complexity index is 807. The summed E-state index contributed by atoms with van der Waals surface area (Å²) in [6.07, 6.45) is 6.86. The fourth-order valence-electron chi connectivity index (χ4n) is 3.20. The second-order valence-electron chi connectivity index (χ2n) is 5.50. The molecule has 1 aliphatic carbocycles. The summed E-state index contributed by atoms with van der Waals surface area (Å²) < 4.78 is 2.40. The molecule has 2 aromatic carbocycles. The average Bonchev–Trinajstić information content (AvgIpc) is 2.81. The number of rotatable bonds is 1. The van der Waals surface area contributed by atoms with Crippen LogP contribution in [0.25, 0.3) is 22.7 Å². The highest BCUT2D eigenvalue weighted by Gasteiger charge is 2.17. The normalized spacial score (nSPS) is 13.7. The molecule has 0 atom stereocenters. The number of aromatic nitrogens is 1. The maximum absolute atomic E-state index is 2.40. The van der Waals surface area contributed by atoms with Gasteiger partial charge in [-0.05, 0) is 55.2 Å². The van der Waals surface area contributed by atoms with Crippen molar-refractivity contribution in [3.05, 3.63) is 71.4 Å². The van der Waals surface area contributed by atoms with Crippen LogP contribution < -0.4 is 0 Å². The van der Waals surface area contributed by atoms with Crippen LogP contribution in [0.1, 0.15) is 23.2 Å². The summed E-state index contributed by atoms with van der Waals surface area (Å²) in [6.45, 7) is 2.16. The third kappa shape index (κ3) is 1.63. The molecule has 0 saturated heterocycles. The highest BCUT2D eigenvalue weighted by molar-refractivity contribution is 5.91. The van der Waals surface area contributed by atoms with Gasteiger partial charge in [0.1, 0.15) is 0 Å². The molecule has 0 aliphatic heterocycles. The van der Waals surface area contributed by atoms with Crippen LogP contribution in [0.5, 0.6) is 0 Å². The van der Waals surface area contributed by atoms with Gasteiger partial charge in [-0.1, -0.05) is 36.4 Å². The SMILES string of the molecule is Cc1ccc2c3c(n(-c4ccccc4)c2c1)C=CCC3. The van der Waals surface area contributed by atoms with Crippen molar-refractivity contribution in [2.45, 2.75) is 19.8 Å². The molecule has 1 aliphatic rings. The number of para-hydroxylation sites is 1. The standard InChI is InChI=1S/C19H17N/c1-14-11-12-17-16-9-5-6-10-18(16)20(19(17)13-14)15-7-3-2-4-8-15/h2-4,6-8,10-13H,5,9H2,1H3. The van der Waals surface area contributed by atoms with Crippen LogP contribution in [0.2, 0.25) is 0 Å². The van der Waals surface area contributed by atoms with Crippen molar-refractivity contribution >= 4 is 17.0 Å². The minimum Gasteiger partial charge on any atom is -0.310 e. The van der Waals surface area contributed by atoms with Crippen LogP contribution in [0.3, 0.4) is 0 Å². The smallest absolute Gasteiger partial charge is 0.0540 e. The van der Waals surface area contributed by atoms with E-state index in [9.17, 15) is 0 Å². The molecule has 1 heterocycles. The second kappa shape index (κ2) is 4.38. The Morgan fingerprint density at radius 1 is 1.00 bits per heavy atom. The Morgan fingerprint density at radius 2 is 1.85 bits per heavy atom. The van der Waals surface area contributed by atoms with Gasteiger partial charge in [-0.3, -0.25) is 0 Å². The van der Waals surface area contributed by atoms with E-state index in [1.807, 2.05) is 0 Å². The molecule has 98 valence electrons. The van der Waals surface area contributed by atoms with Gasteiger partial charge < -0.3 is 4.57 Å². The van der Waals surface area contributed by atoms with E-state index in [4.69, 9.17) is 0 Å². The van der Waals surface area contributed by atoms with Gasteiger partial charge in [0.05, 0.1) is 5.52 Å². The Balaban J connectivity index is 2.14. The van der Waals surface area contributed by atoms with E-state index in [2.05, 4.69) is 72.2 Å². The Kier molecular flexibility index (Phi) is 2.53. The van der Waals surface area contributed by atoms with E-state index in [-0.39, 0.29) is 0 Å². The van der Waals surface area contributed by atoms with Gasteiger partial charge in [-0.2, -0.15) is 0 Å². The quantitative estimate of drug-likeness (QED) is 0.586. The predicted octanol–water partition coefficient (Wildman–Crippen LogP) is 4.90. The number of fused-ring (bicyclic) bond motifs is 3. The molecule has 1 heteroatoms. The maximum Gasteiger partial charge on any atom is 0.0540 e. The van der Waals surface area contributed by atoms with Crippen molar-refractivity contribution in [1.29, 1.82) is 0 Å². The van der Waals surface area contributed by atoms with Crippen molar-refractivity contribution in [3.8, 4) is 5.69 Å². The summed E-state index contributed by atoms with van der Waals surface area (Å²) in [6, 6.07) is 17.5. The molecule has 3 aromatic rings. The van der Waals surface area contributed by atoms with Crippen LogP contribution in [0, 0.1) is 6.92 Å². The number of hydrogen-bond donors (Lipinski definition) is 0. The first-order chi connectivity index (χ1) is 9.84. The van der Waals surface area contributed by atoms with Gasteiger partial charge in [0.25, 0.3) is 0 Å². The van der Waals surface area contributed by atoms with E-state index in [0.717, 1.165) is 12.8 Å². The minimum atomic E-state index is 1.14. The molecule has 0 radical (unpaired) electrons. The van der Waals surface area contributed by atoms with Crippen LogP contribution in [-0.4, -0.2) is 4.57 Å². The molecule has 4 rings (SSSR count). The second-order valence-corrected chi connectivity index (χ2v) is 5.50. The number of benzene rings is 2. The minimum absolute atomic E-state index is 1.14. The van der Waals surface area contributed by atoms with Crippen molar-refractivity contribution in [2.75, 3.05) is 0 Å². The van der Waals surface area contributed by atoms with Crippen molar-refractivity contribution in [1.82, 2.24) is 4.57 Å². The van der Waals surface area contributed by atoms with Crippen LogP contribution >= 0.6 is 0 Å². The third-order valence-corrected chi connectivity index (χ3v) is 4.12. The molecule has 0 fully saturated rings. The average molecular weight is 259 g/mol. The number of hydrogen-bond acceptors (Lipinski definition) is 0. The van der Waals surface area contributed by atoms with E-state index in [0.29, 0.717) is 0 Å². The van der Waals surface area contributed by atoms with Gasteiger partial charge in [-0.15, -0.1) is 0 Å². The monoisotopic (exact) mass is 259 g/mol. The first kappa shape index (κ1) is 11.5. The lowest BCUT2D eigenvalue weighted by atomic mass is 10.0. The van der Waals surface area contributed by atoms with E-state index >= 15 is 0 Å². The van der Waals surface area contributed by atoms with Crippen LogP contribution in [0.15, 0.2) is 54.6 Å². The zero-order valence-electron chi connectivity index (χ0n) is 11.6. The van der Waals surface area contributed by atoms with E-state index < -0.39 is 0 Å². The van der Waals surface area contributed by atoms with Crippen LogP contribution in [0.4, 0.5) is 0 Å². The van der Waals surface area contributed by atoms with Gasteiger partial charge >= 0.3 is 0 Å². The summed E-state index contributed by atoms with van der Waals surface area (Å²) in [4.78, 5) is 0. The zero-order valence-corrected chi connectivity index (χ0v) is 11.6. The third-order valence-electron chi connectivity index (χ3n) is 4.12. The molecule has 20 heavy (non-hydrogen) atoms. The Labute approximate surface area is 119 Å². The molecule has 0 N–H and O–H groups in total. The summed E-state index contributed by atoms with van der Waals surface area (Å²) in [5.41, 5.74) is 6.73. The molecule has 1 aromatic heterocycles. The van der Waals surface area contributed by atoms with Crippen LogP contribution in [-0.2, 0) is 6.42 Å². The first-order valence-corrected chi connectivity index (χ1v) is 7.20. The Hall–Kier alpha value is -2.28. The van der Waals surface area contributed by atoms with Gasteiger partial charge in [0, 0.05) is 16.8 Å². The van der Waals surface area contributed by atoms with Crippen molar-refractivity contribution in [2.24, 2.45) is 0 Å². The zero-order chi connectivity index (χ0) is 13.5. The summed E-state index contributed by atoms with van der Waals surface area (Å²) >= 11 is 0. The maximum atomic E-state index is 2.40. The molecule has 0 bridgehead atoms. The highest BCUT2D eigenvalue weighted by Crippen LogP contribution is 2.34. The number of allylic oxidation sites excluding steroid dienone is 1. The van der Waals surface area contributed by atoms with Crippen molar-refractivity contribution < 1.29 is 0 Å². The predicted molar refractivity (Wildman–Crippen MR) is 85.4 cm³/mol. The lowest BCUT2D eigenvalue weighted by Crippen LogP contribution is -1.99. The topological polar surface area (TPSA) is 4.93 Å². The Morgan fingerprint density at radius 3 is 2.70 bits per heavy atom. The summed E-state index contributed by atoms with van der Waals surface area (Å²) in [5, 5.41) is 1.40. The molecule has 0 unspecified atom stereocenters. The molecule has 0 saturated carbocycles. The lowest BCUT2D eigenvalue weighted by Gasteiger charge is -2.11. The highest BCUT2D eigenvalue weighted by atomic mass is 15.0. The number of nitrogens with zero attached hydrogens (tertiary/aromatic N) is 1.